The molecule has 1 atom stereocenters. The minimum atomic E-state index is -0.189. The van der Waals surface area contributed by atoms with Gasteiger partial charge in [-0.1, -0.05) is 13.8 Å². The van der Waals surface area contributed by atoms with Crippen molar-refractivity contribution in [2.75, 3.05) is 13.1 Å². The minimum Gasteiger partial charge on any atom is -0.342 e. The van der Waals surface area contributed by atoms with Crippen molar-refractivity contribution in [3.63, 3.8) is 0 Å². The Balaban J connectivity index is 1.72. The number of hydrogen-bond donors (Lipinski definition) is 1. The Kier molecular flexibility index (Phi) is 3.27. The number of likely N-dealkylation sites (tertiary alicyclic amines) is 1. The molecule has 5 heteroatoms. The van der Waals surface area contributed by atoms with Gasteiger partial charge in [0.25, 0.3) is 0 Å². The van der Waals surface area contributed by atoms with Crippen molar-refractivity contribution < 1.29 is 9.59 Å². The first-order valence-corrected chi connectivity index (χ1v) is 7.84. The van der Waals surface area contributed by atoms with Gasteiger partial charge in [-0.2, -0.15) is 0 Å². The van der Waals surface area contributed by atoms with Gasteiger partial charge in [0, 0.05) is 37.9 Å². The van der Waals surface area contributed by atoms with Crippen molar-refractivity contribution in [1.29, 1.82) is 0 Å². The highest BCUT2D eigenvalue weighted by Crippen LogP contribution is 2.41. The first-order chi connectivity index (χ1) is 9.44. The maximum atomic E-state index is 12.4. The molecule has 2 saturated heterocycles. The molecule has 0 aromatic heterocycles. The van der Waals surface area contributed by atoms with E-state index in [2.05, 4.69) is 10.2 Å². The summed E-state index contributed by atoms with van der Waals surface area (Å²) in [6, 6.07) is 0.357. The minimum absolute atomic E-state index is 0.0562. The van der Waals surface area contributed by atoms with Crippen LogP contribution in [0.1, 0.15) is 46.5 Å². The number of carbonyl (C=O) groups is 2. The summed E-state index contributed by atoms with van der Waals surface area (Å²) in [6.07, 6.45) is 3.99. The smallest absolute Gasteiger partial charge is 0.241 e. The lowest BCUT2D eigenvalue weighted by molar-refractivity contribution is -0.139. The van der Waals surface area contributed by atoms with Gasteiger partial charge in [-0.25, -0.2) is 0 Å². The summed E-state index contributed by atoms with van der Waals surface area (Å²) in [5.41, 5.74) is -0.189. The van der Waals surface area contributed by atoms with Crippen LogP contribution in [-0.2, 0) is 9.59 Å². The second-order valence-corrected chi connectivity index (χ2v) is 6.82. The highest BCUT2D eigenvalue weighted by Gasteiger charge is 2.54. The highest BCUT2D eigenvalue weighted by atomic mass is 16.2. The molecule has 3 aliphatic rings. The molecule has 0 radical (unpaired) electrons. The van der Waals surface area contributed by atoms with E-state index in [-0.39, 0.29) is 29.4 Å². The number of amides is 2. The van der Waals surface area contributed by atoms with Gasteiger partial charge in [-0.15, -0.1) is 0 Å². The van der Waals surface area contributed by atoms with Crippen LogP contribution in [0, 0.1) is 5.92 Å². The van der Waals surface area contributed by atoms with E-state index in [1.807, 2.05) is 25.7 Å². The maximum absolute atomic E-state index is 12.4. The number of carbonyl (C=O) groups excluding carboxylic acids is 2. The van der Waals surface area contributed by atoms with Crippen molar-refractivity contribution in [1.82, 2.24) is 15.1 Å². The Morgan fingerprint density at radius 1 is 1.30 bits per heavy atom. The quantitative estimate of drug-likeness (QED) is 0.818. The SMILES string of the molecule is CC(C)C(=O)N1CCC2(CC1)NC(C)C(=O)N2C1CC1. The molecular weight excluding hydrogens is 254 g/mol. The first kappa shape index (κ1) is 13.9. The fourth-order valence-corrected chi connectivity index (χ4v) is 3.66. The van der Waals surface area contributed by atoms with Crippen molar-refractivity contribution in [2.24, 2.45) is 5.92 Å². The fourth-order valence-electron chi connectivity index (χ4n) is 3.66. The maximum Gasteiger partial charge on any atom is 0.241 e. The standard InChI is InChI=1S/C15H25N3O2/c1-10(2)13(19)17-8-6-15(7-9-17)16-11(3)14(20)18(15)12-4-5-12/h10-12,16H,4-9H2,1-3H3. The Morgan fingerprint density at radius 3 is 2.40 bits per heavy atom. The topological polar surface area (TPSA) is 52.7 Å². The monoisotopic (exact) mass is 279 g/mol. The average molecular weight is 279 g/mol. The van der Waals surface area contributed by atoms with Gasteiger partial charge in [-0.05, 0) is 19.8 Å². The average Bonchev–Trinajstić information content (AvgIpc) is 3.19. The summed E-state index contributed by atoms with van der Waals surface area (Å²) >= 11 is 0. The molecule has 3 fully saturated rings. The third-order valence-electron chi connectivity index (χ3n) is 4.86. The molecule has 0 aromatic carbocycles. The largest absolute Gasteiger partial charge is 0.342 e. The summed E-state index contributed by atoms with van der Waals surface area (Å²) in [5, 5.41) is 3.52. The summed E-state index contributed by atoms with van der Waals surface area (Å²) < 4.78 is 0. The van der Waals surface area contributed by atoms with E-state index in [0.29, 0.717) is 6.04 Å². The first-order valence-electron chi connectivity index (χ1n) is 7.84. The molecule has 1 aliphatic carbocycles. The van der Waals surface area contributed by atoms with Crippen LogP contribution < -0.4 is 5.32 Å². The lowest BCUT2D eigenvalue weighted by Gasteiger charge is -2.45. The van der Waals surface area contributed by atoms with Gasteiger partial charge in [0.15, 0.2) is 0 Å². The van der Waals surface area contributed by atoms with E-state index in [1.165, 1.54) is 0 Å². The molecule has 112 valence electrons. The lowest BCUT2D eigenvalue weighted by atomic mass is 9.95. The molecule has 0 bridgehead atoms. The molecule has 1 unspecified atom stereocenters. The van der Waals surface area contributed by atoms with Crippen LogP contribution >= 0.6 is 0 Å². The normalized spacial score (nSPS) is 29.6. The zero-order valence-electron chi connectivity index (χ0n) is 12.7. The van der Waals surface area contributed by atoms with E-state index in [4.69, 9.17) is 0 Å². The number of rotatable bonds is 2. The van der Waals surface area contributed by atoms with Crippen LogP contribution in [-0.4, -0.2) is 52.5 Å². The molecule has 1 N–H and O–H groups in total. The summed E-state index contributed by atoms with van der Waals surface area (Å²) in [4.78, 5) is 28.5. The number of nitrogens with one attached hydrogen (secondary N) is 1. The van der Waals surface area contributed by atoms with E-state index in [1.54, 1.807) is 0 Å². The molecule has 2 heterocycles. The Morgan fingerprint density at radius 2 is 1.90 bits per heavy atom. The Labute approximate surface area is 120 Å². The predicted octanol–water partition coefficient (Wildman–Crippen LogP) is 0.944. The highest BCUT2D eigenvalue weighted by molar-refractivity contribution is 5.85. The summed E-state index contributed by atoms with van der Waals surface area (Å²) in [5.74, 6) is 0.534. The molecule has 5 nitrogen and oxygen atoms in total. The third kappa shape index (κ3) is 2.12. The van der Waals surface area contributed by atoms with Crippen LogP contribution in [0.15, 0.2) is 0 Å². The Bertz CT molecular complexity index is 423. The summed E-state index contributed by atoms with van der Waals surface area (Å²) in [7, 11) is 0. The van der Waals surface area contributed by atoms with Crippen molar-refractivity contribution in [3.8, 4) is 0 Å². The number of piperidine rings is 1. The number of hydrogen-bond acceptors (Lipinski definition) is 3. The number of nitrogens with zero attached hydrogens (tertiary/aromatic N) is 2. The van der Waals surface area contributed by atoms with E-state index >= 15 is 0 Å². The molecule has 1 saturated carbocycles. The zero-order chi connectivity index (χ0) is 14.5. The van der Waals surface area contributed by atoms with Crippen LogP contribution in [0.25, 0.3) is 0 Å². The fraction of sp³-hybridized carbons (Fsp3) is 0.867. The predicted molar refractivity (Wildman–Crippen MR) is 75.8 cm³/mol. The zero-order valence-corrected chi connectivity index (χ0v) is 12.7. The van der Waals surface area contributed by atoms with E-state index < -0.39 is 0 Å². The van der Waals surface area contributed by atoms with Crippen molar-refractivity contribution >= 4 is 11.8 Å². The van der Waals surface area contributed by atoms with Gasteiger partial charge in [0.2, 0.25) is 11.8 Å². The molecule has 3 rings (SSSR count). The lowest BCUT2D eigenvalue weighted by Crippen LogP contribution is -2.60. The van der Waals surface area contributed by atoms with E-state index in [0.717, 1.165) is 38.8 Å². The molecule has 0 aromatic rings. The molecule has 2 amide bonds. The molecule has 1 spiro atoms. The molecule has 20 heavy (non-hydrogen) atoms. The van der Waals surface area contributed by atoms with Crippen molar-refractivity contribution in [3.05, 3.63) is 0 Å². The van der Waals surface area contributed by atoms with Gasteiger partial charge in [-0.3, -0.25) is 14.9 Å². The van der Waals surface area contributed by atoms with Crippen LogP contribution in [0.3, 0.4) is 0 Å². The van der Waals surface area contributed by atoms with Gasteiger partial charge in [0.1, 0.15) is 0 Å². The third-order valence-corrected chi connectivity index (χ3v) is 4.86. The molecular formula is C15H25N3O2. The van der Waals surface area contributed by atoms with Gasteiger partial charge >= 0.3 is 0 Å². The van der Waals surface area contributed by atoms with E-state index in [9.17, 15) is 9.59 Å². The van der Waals surface area contributed by atoms with Crippen LogP contribution in [0.4, 0.5) is 0 Å². The Hall–Kier alpha value is -1.10. The van der Waals surface area contributed by atoms with Crippen molar-refractivity contribution in [2.45, 2.75) is 64.2 Å². The van der Waals surface area contributed by atoms with Crippen LogP contribution in [0.2, 0.25) is 0 Å². The molecule has 2 aliphatic heterocycles. The second-order valence-electron chi connectivity index (χ2n) is 6.82. The van der Waals surface area contributed by atoms with Crippen LogP contribution in [0.5, 0.6) is 0 Å². The van der Waals surface area contributed by atoms with Gasteiger partial charge < -0.3 is 9.80 Å². The van der Waals surface area contributed by atoms with Gasteiger partial charge in [0.05, 0.1) is 11.7 Å². The summed E-state index contributed by atoms with van der Waals surface area (Å²) in [6.45, 7) is 7.36. The second kappa shape index (κ2) is 4.72.